The molecule has 0 saturated heterocycles. The van der Waals surface area contributed by atoms with Crippen molar-refractivity contribution in [2.24, 2.45) is 0 Å². The van der Waals surface area contributed by atoms with Crippen molar-refractivity contribution in [2.75, 3.05) is 20.2 Å². The van der Waals surface area contributed by atoms with E-state index in [4.69, 9.17) is 9.84 Å². The van der Waals surface area contributed by atoms with E-state index in [2.05, 4.69) is 4.90 Å². The molecular weight excluding hydrogens is 264 g/mol. The van der Waals surface area contributed by atoms with Gasteiger partial charge in [0.2, 0.25) is 0 Å². The lowest BCUT2D eigenvalue weighted by atomic mass is 10.1. The number of hydrogen-bond donors (Lipinski definition) is 1. The van der Waals surface area contributed by atoms with Crippen LogP contribution in [0.4, 0.5) is 5.69 Å². The number of nitrogens with zero attached hydrogens (tertiary/aromatic N) is 2. The normalized spacial score (nSPS) is 14.3. The Bertz CT molecular complexity index is 527. The standard InChI is InChI=1S/C13H16N2O5/c1-14(9-5-6-9)7-8-20-11-4-2-3-10(13(16)17)12(11)15(18)19/h2-4,9H,5-8H2,1H3,(H,16,17). The molecule has 0 bridgehead atoms. The summed E-state index contributed by atoms with van der Waals surface area (Å²) in [5.41, 5.74) is -0.850. The van der Waals surface area contributed by atoms with Crippen molar-refractivity contribution in [3.05, 3.63) is 33.9 Å². The average Bonchev–Trinajstić information content (AvgIpc) is 3.22. The quantitative estimate of drug-likeness (QED) is 0.604. The van der Waals surface area contributed by atoms with Gasteiger partial charge in [-0.05, 0) is 32.0 Å². The van der Waals surface area contributed by atoms with Gasteiger partial charge in [-0.15, -0.1) is 0 Å². The second-order valence-corrected chi connectivity index (χ2v) is 4.77. The molecule has 1 aromatic rings. The van der Waals surface area contributed by atoms with Crippen molar-refractivity contribution in [3.8, 4) is 5.75 Å². The predicted octanol–water partition coefficient (Wildman–Crippen LogP) is 1.77. The highest BCUT2D eigenvalue weighted by Gasteiger charge is 2.27. The molecule has 0 atom stereocenters. The zero-order valence-electron chi connectivity index (χ0n) is 11.1. The molecule has 0 aromatic heterocycles. The van der Waals surface area contributed by atoms with Gasteiger partial charge in [0.25, 0.3) is 0 Å². The summed E-state index contributed by atoms with van der Waals surface area (Å²) < 4.78 is 5.39. The van der Waals surface area contributed by atoms with E-state index in [9.17, 15) is 14.9 Å². The van der Waals surface area contributed by atoms with Gasteiger partial charge in [0, 0.05) is 12.6 Å². The number of carbonyl (C=O) groups is 1. The maximum atomic E-state index is 11.0. The molecule has 1 aliphatic rings. The average molecular weight is 280 g/mol. The Morgan fingerprint density at radius 2 is 2.25 bits per heavy atom. The first-order valence-corrected chi connectivity index (χ1v) is 6.34. The molecule has 0 spiro atoms. The summed E-state index contributed by atoms with van der Waals surface area (Å²) in [6.45, 7) is 0.941. The molecule has 0 heterocycles. The molecule has 7 nitrogen and oxygen atoms in total. The Morgan fingerprint density at radius 3 is 2.80 bits per heavy atom. The van der Waals surface area contributed by atoms with Gasteiger partial charge in [-0.3, -0.25) is 10.1 Å². The largest absolute Gasteiger partial charge is 0.485 e. The fourth-order valence-corrected chi connectivity index (χ4v) is 2.00. The molecule has 0 aliphatic heterocycles. The van der Waals surface area contributed by atoms with Crippen LogP contribution in [0.3, 0.4) is 0 Å². The topological polar surface area (TPSA) is 92.9 Å². The van der Waals surface area contributed by atoms with E-state index >= 15 is 0 Å². The van der Waals surface area contributed by atoms with Gasteiger partial charge in [0.1, 0.15) is 12.2 Å². The third kappa shape index (κ3) is 3.24. The van der Waals surface area contributed by atoms with Gasteiger partial charge in [0.15, 0.2) is 5.75 Å². The SMILES string of the molecule is CN(CCOc1cccc(C(=O)O)c1[N+](=O)[O-])C1CC1. The number of likely N-dealkylation sites (N-methyl/N-ethyl adjacent to an activating group) is 1. The first-order chi connectivity index (χ1) is 9.50. The molecule has 1 aliphatic carbocycles. The summed E-state index contributed by atoms with van der Waals surface area (Å²) >= 11 is 0. The van der Waals surface area contributed by atoms with Crippen LogP contribution in [0, 0.1) is 10.1 Å². The first-order valence-electron chi connectivity index (χ1n) is 6.34. The number of carboxylic acid groups (broad SMARTS) is 1. The van der Waals surface area contributed by atoms with Gasteiger partial charge in [0.05, 0.1) is 4.92 Å². The maximum absolute atomic E-state index is 11.0. The molecule has 0 amide bonds. The molecular formula is C13H16N2O5. The van der Waals surface area contributed by atoms with Crippen LogP contribution >= 0.6 is 0 Å². The Kier molecular flexibility index (Phi) is 4.19. The number of rotatable bonds is 7. The number of hydrogen-bond acceptors (Lipinski definition) is 5. The van der Waals surface area contributed by atoms with Crippen molar-refractivity contribution in [1.82, 2.24) is 4.90 Å². The number of nitro groups is 1. The highest BCUT2D eigenvalue weighted by atomic mass is 16.6. The van der Waals surface area contributed by atoms with E-state index in [-0.39, 0.29) is 17.9 Å². The predicted molar refractivity (Wildman–Crippen MR) is 71.2 cm³/mol. The van der Waals surface area contributed by atoms with Gasteiger partial charge < -0.3 is 14.7 Å². The number of carboxylic acids is 1. The maximum Gasteiger partial charge on any atom is 0.342 e. The van der Waals surface area contributed by atoms with Crippen LogP contribution in [0.5, 0.6) is 5.75 Å². The number of para-hydroxylation sites is 1. The van der Waals surface area contributed by atoms with Crippen LogP contribution in [-0.2, 0) is 0 Å². The minimum atomic E-state index is -1.34. The summed E-state index contributed by atoms with van der Waals surface area (Å²) in [6, 6.07) is 4.64. The molecule has 1 aromatic carbocycles. The molecule has 0 radical (unpaired) electrons. The van der Waals surface area contributed by atoms with Crippen LogP contribution in [0.25, 0.3) is 0 Å². The van der Waals surface area contributed by atoms with Crippen LogP contribution in [-0.4, -0.2) is 47.1 Å². The first kappa shape index (κ1) is 14.3. The zero-order valence-corrected chi connectivity index (χ0v) is 11.1. The number of ether oxygens (including phenoxy) is 1. The molecule has 1 N–H and O–H groups in total. The van der Waals surface area contributed by atoms with E-state index in [0.717, 1.165) is 0 Å². The van der Waals surface area contributed by atoms with Crippen LogP contribution < -0.4 is 4.74 Å². The van der Waals surface area contributed by atoms with E-state index in [1.54, 1.807) is 0 Å². The van der Waals surface area contributed by atoms with E-state index in [0.29, 0.717) is 12.6 Å². The molecule has 2 rings (SSSR count). The second-order valence-electron chi connectivity index (χ2n) is 4.77. The lowest BCUT2D eigenvalue weighted by molar-refractivity contribution is -0.386. The van der Waals surface area contributed by atoms with Crippen molar-refractivity contribution < 1.29 is 19.6 Å². The zero-order chi connectivity index (χ0) is 14.7. The second kappa shape index (κ2) is 5.87. The highest BCUT2D eigenvalue weighted by Crippen LogP contribution is 2.31. The highest BCUT2D eigenvalue weighted by molar-refractivity contribution is 5.93. The lowest BCUT2D eigenvalue weighted by Crippen LogP contribution is -2.26. The summed E-state index contributed by atoms with van der Waals surface area (Å²) in [6.07, 6.45) is 2.34. The number of benzene rings is 1. The van der Waals surface area contributed by atoms with Gasteiger partial charge in [-0.1, -0.05) is 6.07 Å². The lowest BCUT2D eigenvalue weighted by Gasteiger charge is -2.16. The molecule has 7 heteroatoms. The summed E-state index contributed by atoms with van der Waals surface area (Å²) in [5, 5.41) is 20.0. The van der Waals surface area contributed by atoms with Gasteiger partial charge in [-0.2, -0.15) is 0 Å². The monoisotopic (exact) mass is 280 g/mol. The van der Waals surface area contributed by atoms with E-state index < -0.39 is 16.6 Å². The number of nitro benzene ring substituents is 1. The fourth-order valence-electron chi connectivity index (χ4n) is 2.00. The van der Waals surface area contributed by atoms with Crippen molar-refractivity contribution in [2.45, 2.75) is 18.9 Å². The smallest absolute Gasteiger partial charge is 0.342 e. The van der Waals surface area contributed by atoms with Crippen LogP contribution in [0.1, 0.15) is 23.2 Å². The van der Waals surface area contributed by atoms with E-state index in [1.807, 2.05) is 7.05 Å². The third-order valence-corrected chi connectivity index (χ3v) is 3.28. The number of aromatic carboxylic acids is 1. The van der Waals surface area contributed by atoms with Crippen molar-refractivity contribution in [1.29, 1.82) is 0 Å². The Morgan fingerprint density at radius 1 is 1.55 bits per heavy atom. The Labute approximate surface area is 115 Å². The molecule has 20 heavy (non-hydrogen) atoms. The Balaban J connectivity index is 2.07. The van der Waals surface area contributed by atoms with Crippen LogP contribution in [0.2, 0.25) is 0 Å². The summed E-state index contributed by atoms with van der Waals surface area (Å²) in [7, 11) is 1.98. The van der Waals surface area contributed by atoms with Gasteiger partial charge >= 0.3 is 11.7 Å². The third-order valence-electron chi connectivity index (χ3n) is 3.28. The Hall–Kier alpha value is -2.15. The minimum Gasteiger partial charge on any atom is -0.485 e. The van der Waals surface area contributed by atoms with Crippen molar-refractivity contribution >= 4 is 11.7 Å². The molecule has 108 valence electrons. The summed E-state index contributed by atoms with van der Waals surface area (Å²) in [4.78, 5) is 23.4. The van der Waals surface area contributed by atoms with Crippen LogP contribution in [0.15, 0.2) is 18.2 Å². The molecule has 0 unspecified atom stereocenters. The van der Waals surface area contributed by atoms with Crippen molar-refractivity contribution in [3.63, 3.8) is 0 Å². The minimum absolute atomic E-state index is 0.000836. The molecule has 1 fully saturated rings. The summed E-state index contributed by atoms with van der Waals surface area (Å²) in [5.74, 6) is -1.34. The van der Waals surface area contributed by atoms with E-state index in [1.165, 1.54) is 31.0 Å². The van der Waals surface area contributed by atoms with Gasteiger partial charge in [-0.25, -0.2) is 4.79 Å². The molecule has 1 saturated carbocycles. The fraction of sp³-hybridized carbons (Fsp3) is 0.462.